The lowest BCUT2D eigenvalue weighted by Crippen LogP contribution is -2.62. The fraction of sp³-hybridized carbons (Fsp3) is 0.462. The Morgan fingerprint density at radius 2 is 1.32 bits per heavy atom. The SMILES string of the molecule is O=C1N[C@H](Cc2ccccc2COCC2CO2)C(=O)N[C@H]1Cc1cccc(COCC2CO2)c1. The molecule has 0 bridgehead atoms. The number of rotatable bonds is 12. The third-order valence-corrected chi connectivity index (χ3v) is 6.18. The highest BCUT2D eigenvalue weighted by Gasteiger charge is 2.34. The summed E-state index contributed by atoms with van der Waals surface area (Å²) in [5, 5.41) is 5.82. The Morgan fingerprint density at radius 1 is 0.735 bits per heavy atom. The van der Waals surface area contributed by atoms with E-state index in [0.29, 0.717) is 39.3 Å². The lowest BCUT2D eigenvalue weighted by molar-refractivity contribution is -0.136. The molecule has 3 saturated heterocycles. The van der Waals surface area contributed by atoms with Gasteiger partial charge >= 0.3 is 0 Å². The lowest BCUT2D eigenvalue weighted by Gasteiger charge is -2.30. The van der Waals surface area contributed by atoms with E-state index < -0.39 is 12.1 Å². The molecule has 8 heteroatoms. The van der Waals surface area contributed by atoms with Crippen LogP contribution < -0.4 is 10.6 Å². The summed E-state index contributed by atoms with van der Waals surface area (Å²) >= 11 is 0. The molecular formula is C26H30N2O6. The van der Waals surface area contributed by atoms with Crippen LogP contribution in [0.3, 0.4) is 0 Å². The largest absolute Gasteiger partial charge is 0.374 e. The number of hydrogen-bond acceptors (Lipinski definition) is 6. The zero-order valence-electron chi connectivity index (χ0n) is 19.0. The molecule has 0 spiro atoms. The summed E-state index contributed by atoms with van der Waals surface area (Å²) in [6.45, 7) is 3.64. The molecule has 0 radical (unpaired) electrons. The molecular weight excluding hydrogens is 436 g/mol. The molecule has 2 aromatic rings. The van der Waals surface area contributed by atoms with Crippen molar-refractivity contribution in [3.05, 3.63) is 70.8 Å². The average molecular weight is 467 g/mol. The molecule has 2 N–H and O–H groups in total. The molecule has 3 fully saturated rings. The minimum absolute atomic E-state index is 0.170. The molecule has 8 nitrogen and oxygen atoms in total. The van der Waals surface area contributed by atoms with Crippen LogP contribution in [-0.4, -0.2) is 62.5 Å². The van der Waals surface area contributed by atoms with Gasteiger partial charge in [0, 0.05) is 12.8 Å². The molecule has 2 amide bonds. The van der Waals surface area contributed by atoms with Gasteiger partial charge in [-0.15, -0.1) is 0 Å². The second kappa shape index (κ2) is 10.7. The summed E-state index contributed by atoms with van der Waals surface area (Å²) in [6.07, 6.45) is 1.28. The van der Waals surface area contributed by atoms with Gasteiger partial charge in [0.25, 0.3) is 0 Å². The maximum absolute atomic E-state index is 12.8. The Bertz CT molecular complexity index is 1020. The van der Waals surface area contributed by atoms with Crippen LogP contribution >= 0.6 is 0 Å². The molecule has 5 rings (SSSR count). The van der Waals surface area contributed by atoms with Crippen LogP contribution in [0.2, 0.25) is 0 Å². The summed E-state index contributed by atoms with van der Waals surface area (Å²) in [6, 6.07) is 14.5. The van der Waals surface area contributed by atoms with Gasteiger partial charge < -0.3 is 29.6 Å². The molecule has 3 heterocycles. The molecule has 2 aromatic carbocycles. The van der Waals surface area contributed by atoms with Crippen molar-refractivity contribution in [3.8, 4) is 0 Å². The van der Waals surface area contributed by atoms with Crippen LogP contribution in [0, 0.1) is 0 Å². The highest BCUT2D eigenvalue weighted by molar-refractivity contribution is 5.97. The fourth-order valence-electron chi connectivity index (χ4n) is 4.10. The molecule has 3 aliphatic heterocycles. The zero-order chi connectivity index (χ0) is 23.3. The van der Waals surface area contributed by atoms with E-state index in [0.717, 1.165) is 35.5 Å². The zero-order valence-corrected chi connectivity index (χ0v) is 19.0. The number of benzene rings is 2. The van der Waals surface area contributed by atoms with E-state index in [4.69, 9.17) is 18.9 Å². The van der Waals surface area contributed by atoms with E-state index in [1.807, 2.05) is 48.5 Å². The number of nitrogens with one attached hydrogen (secondary N) is 2. The molecule has 2 unspecified atom stereocenters. The first-order chi connectivity index (χ1) is 16.6. The first-order valence-corrected chi connectivity index (χ1v) is 11.8. The molecule has 0 aromatic heterocycles. The first kappa shape index (κ1) is 23.0. The predicted molar refractivity (Wildman–Crippen MR) is 123 cm³/mol. The Hall–Kier alpha value is -2.78. The van der Waals surface area contributed by atoms with Crippen LogP contribution in [0.5, 0.6) is 0 Å². The number of ether oxygens (including phenoxy) is 4. The summed E-state index contributed by atoms with van der Waals surface area (Å²) in [7, 11) is 0. The third-order valence-electron chi connectivity index (χ3n) is 6.18. The van der Waals surface area contributed by atoms with Crippen molar-refractivity contribution in [2.24, 2.45) is 0 Å². The number of amides is 2. The highest BCUT2D eigenvalue weighted by Crippen LogP contribution is 2.17. The van der Waals surface area contributed by atoms with E-state index in [1.165, 1.54) is 0 Å². The van der Waals surface area contributed by atoms with Crippen LogP contribution in [0.15, 0.2) is 48.5 Å². The van der Waals surface area contributed by atoms with Gasteiger partial charge in [-0.3, -0.25) is 9.59 Å². The second-order valence-electron chi connectivity index (χ2n) is 9.06. The number of epoxide rings is 2. The first-order valence-electron chi connectivity index (χ1n) is 11.8. The van der Waals surface area contributed by atoms with Gasteiger partial charge in [-0.1, -0.05) is 48.5 Å². The average Bonchev–Trinajstić information content (AvgIpc) is 3.75. The minimum atomic E-state index is -0.610. The minimum Gasteiger partial charge on any atom is -0.374 e. The van der Waals surface area contributed by atoms with Gasteiger partial charge in [0.2, 0.25) is 11.8 Å². The van der Waals surface area contributed by atoms with Crippen molar-refractivity contribution in [2.75, 3.05) is 26.4 Å². The van der Waals surface area contributed by atoms with Crippen molar-refractivity contribution >= 4 is 11.8 Å². The second-order valence-corrected chi connectivity index (χ2v) is 9.06. The predicted octanol–water partition coefficient (Wildman–Crippen LogP) is 1.29. The Kier molecular flexibility index (Phi) is 7.20. The van der Waals surface area contributed by atoms with Crippen molar-refractivity contribution in [1.29, 1.82) is 0 Å². The van der Waals surface area contributed by atoms with Gasteiger partial charge in [0.1, 0.15) is 24.3 Å². The third kappa shape index (κ3) is 6.42. The fourth-order valence-corrected chi connectivity index (χ4v) is 4.10. The molecule has 0 aliphatic carbocycles. The van der Waals surface area contributed by atoms with E-state index in [-0.39, 0.29) is 24.0 Å². The maximum Gasteiger partial charge on any atom is 0.243 e. The standard InChI is InChI=1S/C26H30N2O6/c29-25-23(9-17-4-3-5-18(8-17)11-31-13-21-15-33-21)27-26(30)24(28-25)10-19-6-1-2-7-20(19)12-32-14-22-16-34-22/h1-8,21-24H,9-16H2,(H,27,30)(H,28,29)/t21?,22?,23-,24+/m0/s1. The molecule has 4 atom stereocenters. The van der Waals surface area contributed by atoms with E-state index in [9.17, 15) is 9.59 Å². The monoisotopic (exact) mass is 466 g/mol. The molecule has 0 saturated carbocycles. The van der Waals surface area contributed by atoms with Gasteiger partial charge in [0.15, 0.2) is 0 Å². The summed E-state index contributed by atoms with van der Waals surface area (Å²) in [5.74, 6) is -0.340. The highest BCUT2D eigenvalue weighted by atomic mass is 16.6. The van der Waals surface area contributed by atoms with E-state index in [2.05, 4.69) is 10.6 Å². The van der Waals surface area contributed by atoms with Gasteiger partial charge in [0.05, 0.1) is 39.6 Å². The Labute approximate surface area is 198 Å². The topological polar surface area (TPSA) is 102 Å². The van der Waals surface area contributed by atoms with Crippen molar-refractivity contribution in [1.82, 2.24) is 10.6 Å². The van der Waals surface area contributed by atoms with Gasteiger partial charge in [-0.2, -0.15) is 0 Å². The quantitative estimate of drug-likeness (QED) is 0.457. The van der Waals surface area contributed by atoms with Crippen LogP contribution in [0.1, 0.15) is 22.3 Å². The van der Waals surface area contributed by atoms with Crippen LogP contribution in [0.25, 0.3) is 0 Å². The number of hydrogen-bond donors (Lipinski definition) is 2. The van der Waals surface area contributed by atoms with Crippen molar-refractivity contribution < 1.29 is 28.5 Å². The van der Waals surface area contributed by atoms with E-state index >= 15 is 0 Å². The number of carbonyl (C=O) groups excluding carboxylic acids is 2. The molecule has 180 valence electrons. The Balaban J connectivity index is 1.14. The lowest BCUT2D eigenvalue weighted by atomic mass is 9.96. The Morgan fingerprint density at radius 3 is 2.00 bits per heavy atom. The number of carbonyl (C=O) groups is 2. The summed E-state index contributed by atoms with van der Waals surface area (Å²) < 4.78 is 21.7. The molecule has 34 heavy (non-hydrogen) atoms. The van der Waals surface area contributed by atoms with Crippen LogP contribution in [-0.2, 0) is 54.6 Å². The van der Waals surface area contributed by atoms with Crippen molar-refractivity contribution in [3.63, 3.8) is 0 Å². The van der Waals surface area contributed by atoms with Crippen LogP contribution in [0.4, 0.5) is 0 Å². The van der Waals surface area contributed by atoms with Crippen molar-refractivity contribution in [2.45, 2.75) is 50.3 Å². The maximum atomic E-state index is 12.8. The van der Waals surface area contributed by atoms with E-state index in [1.54, 1.807) is 0 Å². The smallest absolute Gasteiger partial charge is 0.243 e. The van der Waals surface area contributed by atoms with Gasteiger partial charge in [-0.25, -0.2) is 0 Å². The summed E-state index contributed by atoms with van der Waals surface area (Å²) in [4.78, 5) is 25.7. The summed E-state index contributed by atoms with van der Waals surface area (Å²) in [5.41, 5.74) is 4.01. The normalized spacial score (nSPS) is 25.5. The molecule has 3 aliphatic rings. The van der Waals surface area contributed by atoms with Gasteiger partial charge in [-0.05, 0) is 22.3 Å². The number of piperazine rings is 1.